The molecule has 1 saturated heterocycles. The average molecular weight is 273 g/mol. The summed E-state index contributed by atoms with van der Waals surface area (Å²) in [5.41, 5.74) is -0.425. The number of hydrogen-bond donors (Lipinski definition) is 1. The summed E-state index contributed by atoms with van der Waals surface area (Å²) < 4.78 is 39.1. The van der Waals surface area contributed by atoms with Crippen molar-refractivity contribution in [1.82, 2.24) is 0 Å². The Labute approximate surface area is 110 Å². The van der Waals surface area contributed by atoms with E-state index in [2.05, 4.69) is 0 Å². The van der Waals surface area contributed by atoms with E-state index in [1.165, 1.54) is 12.1 Å². The molecule has 2 rings (SSSR count). The van der Waals surface area contributed by atoms with Crippen molar-refractivity contribution in [3.05, 3.63) is 29.8 Å². The number of benzene rings is 1. The van der Waals surface area contributed by atoms with Crippen molar-refractivity contribution < 1.29 is 18.3 Å². The molecule has 1 aromatic carbocycles. The van der Waals surface area contributed by atoms with Crippen LogP contribution in [-0.4, -0.2) is 24.3 Å². The molecule has 1 atom stereocenters. The minimum atomic E-state index is -4.36. The lowest BCUT2D eigenvalue weighted by atomic mass is 10.1. The lowest BCUT2D eigenvalue weighted by Crippen LogP contribution is -2.38. The summed E-state index contributed by atoms with van der Waals surface area (Å²) in [6.45, 7) is 0.463. The minimum Gasteiger partial charge on any atom is -0.394 e. The molecule has 1 fully saturated rings. The van der Waals surface area contributed by atoms with Crippen LogP contribution in [-0.2, 0) is 6.18 Å². The molecule has 1 unspecified atom stereocenters. The molecule has 1 N–H and O–H groups in total. The van der Waals surface area contributed by atoms with Gasteiger partial charge in [0, 0.05) is 12.2 Å². The molecule has 1 aliphatic rings. The highest BCUT2D eigenvalue weighted by atomic mass is 19.4. The molecule has 0 saturated carbocycles. The first-order chi connectivity index (χ1) is 9.04. The van der Waals surface area contributed by atoms with Crippen LogP contribution in [0.1, 0.15) is 31.2 Å². The van der Waals surface area contributed by atoms with Crippen molar-refractivity contribution in [2.75, 3.05) is 18.1 Å². The average Bonchev–Trinajstić information content (AvgIpc) is 2.62. The first-order valence-electron chi connectivity index (χ1n) is 6.58. The Balaban J connectivity index is 2.38. The molecule has 2 nitrogen and oxygen atoms in total. The fourth-order valence-corrected chi connectivity index (χ4v) is 2.65. The molecule has 0 aromatic heterocycles. The van der Waals surface area contributed by atoms with Crippen molar-refractivity contribution in [3.63, 3.8) is 0 Å². The van der Waals surface area contributed by atoms with Crippen LogP contribution < -0.4 is 4.90 Å². The van der Waals surface area contributed by atoms with Crippen LogP contribution in [0.5, 0.6) is 0 Å². The van der Waals surface area contributed by atoms with E-state index in [1.54, 1.807) is 11.0 Å². The number of halogens is 3. The molecule has 5 heteroatoms. The Hall–Kier alpha value is -1.23. The maximum absolute atomic E-state index is 13.0. The number of anilines is 1. The van der Waals surface area contributed by atoms with Gasteiger partial charge in [0.05, 0.1) is 18.2 Å². The van der Waals surface area contributed by atoms with Crippen molar-refractivity contribution in [3.8, 4) is 0 Å². The summed E-state index contributed by atoms with van der Waals surface area (Å²) in [5.74, 6) is 0. The van der Waals surface area contributed by atoms with Crippen molar-refractivity contribution in [1.29, 1.82) is 0 Å². The van der Waals surface area contributed by atoms with Gasteiger partial charge in [-0.15, -0.1) is 0 Å². The van der Waals surface area contributed by atoms with Gasteiger partial charge in [-0.3, -0.25) is 0 Å². The van der Waals surface area contributed by atoms with E-state index in [4.69, 9.17) is 0 Å². The predicted octanol–water partition coefficient (Wildman–Crippen LogP) is 3.45. The Morgan fingerprint density at radius 1 is 1.16 bits per heavy atom. The lowest BCUT2D eigenvalue weighted by molar-refractivity contribution is -0.137. The van der Waals surface area contributed by atoms with Gasteiger partial charge in [-0.05, 0) is 25.0 Å². The van der Waals surface area contributed by atoms with Crippen molar-refractivity contribution in [2.24, 2.45) is 0 Å². The van der Waals surface area contributed by atoms with Crippen LogP contribution in [0.15, 0.2) is 24.3 Å². The molecule has 19 heavy (non-hydrogen) atoms. The number of rotatable bonds is 2. The molecule has 0 bridgehead atoms. The highest BCUT2D eigenvalue weighted by Crippen LogP contribution is 2.38. The van der Waals surface area contributed by atoms with Gasteiger partial charge in [0.2, 0.25) is 0 Å². The smallest absolute Gasteiger partial charge is 0.394 e. The van der Waals surface area contributed by atoms with Crippen LogP contribution in [0.3, 0.4) is 0 Å². The van der Waals surface area contributed by atoms with Crippen LogP contribution >= 0.6 is 0 Å². The van der Waals surface area contributed by atoms with Gasteiger partial charge >= 0.3 is 6.18 Å². The van der Waals surface area contributed by atoms with Crippen LogP contribution in [0, 0.1) is 0 Å². The topological polar surface area (TPSA) is 23.5 Å². The summed E-state index contributed by atoms with van der Waals surface area (Å²) in [5, 5.41) is 9.42. The normalized spacial score (nSPS) is 21.3. The van der Waals surface area contributed by atoms with Crippen LogP contribution in [0.4, 0.5) is 18.9 Å². The molecule has 0 spiro atoms. The third-order valence-corrected chi connectivity index (χ3v) is 3.61. The maximum Gasteiger partial charge on any atom is 0.418 e. The highest BCUT2D eigenvalue weighted by Gasteiger charge is 2.35. The molecular weight excluding hydrogens is 255 g/mol. The third kappa shape index (κ3) is 3.21. The summed E-state index contributed by atoms with van der Waals surface area (Å²) >= 11 is 0. The molecule has 106 valence electrons. The molecular formula is C14H18F3NO. The summed E-state index contributed by atoms with van der Waals surface area (Å²) in [4.78, 5) is 1.72. The minimum absolute atomic E-state index is 0.105. The van der Waals surface area contributed by atoms with Gasteiger partial charge in [0.15, 0.2) is 0 Å². The van der Waals surface area contributed by atoms with Gasteiger partial charge in [0.25, 0.3) is 0 Å². The number of aliphatic hydroxyl groups excluding tert-OH is 1. The number of para-hydroxylation sites is 1. The molecule has 0 amide bonds. The Morgan fingerprint density at radius 3 is 2.58 bits per heavy atom. The number of hydrogen-bond acceptors (Lipinski definition) is 2. The fraction of sp³-hybridized carbons (Fsp3) is 0.571. The second-order valence-electron chi connectivity index (χ2n) is 4.89. The van der Waals surface area contributed by atoms with E-state index >= 15 is 0 Å². The predicted molar refractivity (Wildman–Crippen MR) is 68.1 cm³/mol. The van der Waals surface area contributed by atoms with Gasteiger partial charge in [-0.2, -0.15) is 13.2 Å². The van der Waals surface area contributed by atoms with E-state index in [-0.39, 0.29) is 18.3 Å². The molecule has 1 aromatic rings. The SMILES string of the molecule is OCC1CCCCCN1c1ccccc1C(F)(F)F. The molecule has 0 aliphatic carbocycles. The maximum atomic E-state index is 13.0. The Morgan fingerprint density at radius 2 is 1.89 bits per heavy atom. The zero-order valence-electron chi connectivity index (χ0n) is 10.7. The monoisotopic (exact) mass is 273 g/mol. The van der Waals surface area contributed by atoms with E-state index in [0.29, 0.717) is 6.54 Å². The summed E-state index contributed by atoms with van der Waals surface area (Å²) in [7, 11) is 0. The number of nitrogens with zero attached hydrogens (tertiary/aromatic N) is 1. The summed E-state index contributed by atoms with van der Waals surface area (Å²) in [6.07, 6.45) is -0.800. The quantitative estimate of drug-likeness (QED) is 0.892. The first-order valence-corrected chi connectivity index (χ1v) is 6.58. The van der Waals surface area contributed by atoms with E-state index in [9.17, 15) is 18.3 Å². The van der Waals surface area contributed by atoms with E-state index in [1.807, 2.05) is 0 Å². The fourth-order valence-electron chi connectivity index (χ4n) is 2.65. The number of aliphatic hydroxyl groups is 1. The van der Waals surface area contributed by atoms with E-state index < -0.39 is 11.7 Å². The Bertz CT molecular complexity index is 419. The van der Waals surface area contributed by atoms with Gasteiger partial charge in [0.1, 0.15) is 0 Å². The standard InChI is InChI=1S/C14H18F3NO/c15-14(16,17)12-7-3-4-8-13(12)18-9-5-1-2-6-11(18)10-19/h3-4,7-8,11,19H,1-2,5-6,9-10H2. The van der Waals surface area contributed by atoms with Crippen LogP contribution in [0.2, 0.25) is 0 Å². The third-order valence-electron chi connectivity index (χ3n) is 3.61. The van der Waals surface area contributed by atoms with Gasteiger partial charge in [-0.25, -0.2) is 0 Å². The van der Waals surface area contributed by atoms with E-state index in [0.717, 1.165) is 31.7 Å². The zero-order chi connectivity index (χ0) is 13.9. The van der Waals surface area contributed by atoms with Crippen LogP contribution in [0.25, 0.3) is 0 Å². The number of alkyl halides is 3. The zero-order valence-corrected chi connectivity index (χ0v) is 10.7. The lowest BCUT2D eigenvalue weighted by Gasteiger charge is -2.32. The largest absolute Gasteiger partial charge is 0.418 e. The van der Waals surface area contributed by atoms with Crippen molar-refractivity contribution in [2.45, 2.75) is 37.9 Å². The second kappa shape index (κ2) is 5.82. The highest BCUT2D eigenvalue weighted by molar-refractivity contribution is 5.56. The summed E-state index contributed by atoms with van der Waals surface area (Å²) in [6, 6.07) is 5.40. The Kier molecular flexibility index (Phi) is 4.34. The van der Waals surface area contributed by atoms with Crippen molar-refractivity contribution >= 4 is 5.69 Å². The van der Waals surface area contributed by atoms with Gasteiger partial charge in [-0.1, -0.05) is 25.0 Å². The second-order valence-corrected chi connectivity index (χ2v) is 4.89. The molecule has 1 aliphatic heterocycles. The van der Waals surface area contributed by atoms with Gasteiger partial charge < -0.3 is 10.0 Å². The first kappa shape index (κ1) is 14.2. The molecule has 0 radical (unpaired) electrons. The molecule has 1 heterocycles.